The Morgan fingerprint density at radius 1 is 1.03 bits per heavy atom. The minimum atomic E-state index is -3.82. The van der Waals surface area contributed by atoms with Crippen LogP contribution in [0.2, 0.25) is 5.02 Å². The van der Waals surface area contributed by atoms with Crippen molar-refractivity contribution in [3.05, 3.63) is 87.2 Å². The molecule has 0 atom stereocenters. The lowest BCUT2D eigenvalue weighted by molar-refractivity contribution is 0.0998. The van der Waals surface area contributed by atoms with Gasteiger partial charge in [0, 0.05) is 23.3 Å². The Morgan fingerprint density at radius 2 is 1.72 bits per heavy atom. The number of fused-ring (bicyclic) bond motifs is 1. The van der Waals surface area contributed by atoms with E-state index in [1.807, 2.05) is 31.5 Å². The third-order valence-corrected chi connectivity index (χ3v) is 7.94. The van der Waals surface area contributed by atoms with Crippen LogP contribution in [0.25, 0.3) is 10.2 Å². The molecule has 0 aliphatic carbocycles. The Bertz CT molecular complexity index is 1520. The summed E-state index contributed by atoms with van der Waals surface area (Å²) in [6.07, 6.45) is 0. The van der Waals surface area contributed by atoms with Gasteiger partial charge >= 0.3 is 0 Å². The monoisotopic (exact) mass is 485 g/mol. The average Bonchev–Trinajstić information content (AvgIpc) is 3.08. The molecule has 4 rings (SSSR count). The van der Waals surface area contributed by atoms with Gasteiger partial charge in [0.2, 0.25) is 0 Å². The maximum atomic E-state index is 12.9. The van der Waals surface area contributed by atoms with E-state index in [4.69, 9.17) is 11.6 Å². The van der Waals surface area contributed by atoms with Crippen LogP contribution in [0.15, 0.2) is 70.6 Å². The normalized spacial score (nSPS) is 12.3. The van der Waals surface area contributed by atoms with Crippen LogP contribution in [0.3, 0.4) is 0 Å². The third-order valence-electron chi connectivity index (χ3n) is 5.03. The minimum Gasteiger partial charge on any atom is -0.319 e. The number of nitrogens with zero attached hydrogens (tertiary/aromatic N) is 2. The van der Waals surface area contributed by atoms with E-state index in [-0.39, 0.29) is 16.1 Å². The standard InChI is InChI=1S/C23H20ClN3O3S2/c1-14-7-8-15(2)21-20(14)27(3)23(31-21)25-22(28)16-5-4-6-18(13-16)26-32(29,30)19-11-9-17(24)10-12-19/h4-13,26H,1-3H3. The molecular formula is C23H20ClN3O3S2. The van der Waals surface area contributed by atoms with Gasteiger partial charge in [0.05, 0.1) is 15.1 Å². The SMILES string of the molecule is Cc1ccc(C)c2c1sc(=NC(=O)c1cccc(NS(=O)(=O)c3ccc(Cl)cc3)c1)n2C. The molecule has 0 bridgehead atoms. The number of hydrogen-bond donors (Lipinski definition) is 1. The first-order chi connectivity index (χ1) is 15.2. The van der Waals surface area contributed by atoms with Crippen molar-refractivity contribution in [2.75, 3.05) is 4.72 Å². The lowest BCUT2D eigenvalue weighted by atomic mass is 10.1. The molecule has 0 saturated carbocycles. The van der Waals surface area contributed by atoms with Crippen LogP contribution in [0, 0.1) is 13.8 Å². The Labute approximate surface area is 194 Å². The van der Waals surface area contributed by atoms with Crippen molar-refractivity contribution in [1.29, 1.82) is 0 Å². The average molecular weight is 486 g/mol. The Morgan fingerprint density at radius 3 is 2.41 bits per heavy atom. The molecule has 0 saturated heterocycles. The fourth-order valence-electron chi connectivity index (χ4n) is 3.36. The van der Waals surface area contributed by atoms with E-state index in [2.05, 4.69) is 15.8 Å². The molecule has 1 heterocycles. The first kappa shape index (κ1) is 22.3. The van der Waals surface area contributed by atoms with Crippen LogP contribution >= 0.6 is 22.9 Å². The van der Waals surface area contributed by atoms with Gasteiger partial charge in [-0.2, -0.15) is 4.99 Å². The lowest BCUT2D eigenvalue weighted by Crippen LogP contribution is -2.15. The Balaban J connectivity index is 1.67. The van der Waals surface area contributed by atoms with E-state index in [9.17, 15) is 13.2 Å². The Kier molecular flexibility index (Phi) is 5.94. The van der Waals surface area contributed by atoms with Gasteiger partial charge in [0.1, 0.15) is 0 Å². The van der Waals surface area contributed by atoms with Gasteiger partial charge in [0.15, 0.2) is 4.80 Å². The van der Waals surface area contributed by atoms with Crippen molar-refractivity contribution in [3.8, 4) is 0 Å². The van der Waals surface area contributed by atoms with Crippen LogP contribution < -0.4 is 9.52 Å². The van der Waals surface area contributed by atoms with Crippen LogP contribution in [0.4, 0.5) is 5.69 Å². The second-order valence-corrected chi connectivity index (χ2v) is 10.5. The molecule has 0 aliphatic rings. The van der Waals surface area contributed by atoms with Crippen molar-refractivity contribution in [2.24, 2.45) is 12.0 Å². The number of carbonyl (C=O) groups is 1. The van der Waals surface area contributed by atoms with Gasteiger partial charge in [0.25, 0.3) is 15.9 Å². The minimum absolute atomic E-state index is 0.0753. The van der Waals surface area contributed by atoms with Crippen LogP contribution in [-0.4, -0.2) is 18.9 Å². The number of aromatic nitrogens is 1. The lowest BCUT2D eigenvalue weighted by Gasteiger charge is -2.09. The number of nitrogens with one attached hydrogen (secondary N) is 1. The highest BCUT2D eigenvalue weighted by molar-refractivity contribution is 7.92. The largest absolute Gasteiger partial charge is 0.319 e. The van der Waals surface area contributed by atoms with Gasteiger partial charge in [-0.1, -0.05) is 41.1 Å². The second kappa shape index (κ2) is 8.54. The van der Waals surface area contributed by atoms with E-state index < -0.39 is 15.9 Å². The Hall–Kier alpha value is -2.94. The van der Waals surface area contributed by atoms with E-state index >= 15 is 0 Å². The first-order valence-corrected chi connectivity index (χ1v) is 12.4. The number of hydrogen-bond acceptors (Lipinski definition) is 4. The summed E-state index contributed by atoms with van der Waals surface area (Å²) in [6.45, 7) is 4.05. The quantitative estimate of drug-likeness (QED) is 0.439. The summed E-state index contributed by atoms with van der Waals surface area (Å²) in [5, 5.41) is 0.443. The molecule has 0 radical (unpaired) electrons. The summed E-state index contributed by atoms with van der Waals surface area (Å²) in [7, 11) is -1.93. The van der Waals surface area contributed by atoms with E-state index in [1.165, 1.54) is 41.7 Å². The highest BCUT2D eigenvalue weighted by atomic mass is 35.5. The van der Waals surface area contributed by atoms with Gasteiger partial charge in [-0.05, 0) is 67.4 Å². The number of rotatable bonds is 4. The number of benzene rings is 3. The number of thiazole rings is 1. The number of aryl methyl sites for hydroxylation is 3. The molecule has 1 N–H and O–H groups in total. The summed E-state index contributed by atoms with van der Waals surface area (Å²) in [5.74, 6) is -0.449. The number of amides is 1. The molecule has 9 heteroatoms. The molecule has 164 valence electrons. The van der Waals surface area contributed by atoms with Crippen molar-refractivity contribution >= 4 is 54.8 Å². The number of anilines is 1. The molecule has 0 fully saturated rings. The molecule has 3 aromatic carbocycles. The maximum absolute atomic E-state index is 12.9. The molecule has 0 spiro atoms. The first-order valence-electron chi connectivity index (χ1n) is 9.69. The van der Waals surface area contributed by atoms with Crippen molar-refractivity contribution in [1.82, 2.24) is 4.57 Å². The van der Waals surface area contributed by atoms with E-state index in [0.717, 1.165) is 21.3 Å². The van der Waals surface area contributed by atoms with Crippen LogP contribution in [0.1, 0.15) is 21.5 Å². The van der Waals surface area contributed by atoms with Gasteiger partial charge < -0.3 is 4.57 Å². The summed E-state index contributed by atoms with van der Waals surface area (Å²) in [6, 6.07) is 16.2. The number of carbonyl (C=O) groups excluding carboxylic acids is 1. The molecule has 6 nitrogen and oxygen atoms in total. The van der Waals surface area contributed by atoms with E-state index in [0.29, 0.717) is 9.82 Å². The van der Waals surface area contributed by atoms with Crippen molar-refractivity contribution < 1.29 is 13.2 Å². The van der Waals surface area contributed by atoms with E-state index in [1.54, 1.807) is 18.2 Å². The fourth-order valence-corrected chi connectivity index (χ4v) is 5.70. The third kappa shape index (κ3) is 4.34. The fraction of sp³-hybridized carbons (Fsp3) is 0.130. The summed E-state index contributed by atoms with van der Waals surface area (Å²) in [5.41, 5.74) is 3.84. The highest BCUT2D eigenvalue weighted by Crippen LogP contribution is 2.24. The molecule has 1 amide bonds. The molecule has 32 heavy (non-hydrogen) atoms. The van der Waals surface area contributed by atoms with Gasteiger partial charge in [-0.3, -0.25) is 9.52 Å². The summed E-state index contributed by atoms with van der Waals surface area (Å²) >= 11 is 7.29. The zero-order valence-electron chi connectivity index (χ0n) is 17.6. The molecule has 0 unspecified atom stereocenters. The van der Waals surface area contributed by atoms with Crippen LogP contribution in [0.5, 0.6) is 0 Å². The van der Waals surface area contributed by atoms with Gasteiger partial charge in [-0.25, -0.2) is 8.42 Å². The van der Waals surface area contributed by atoms with Crippen molar-refractivity contribution in [2.45, 2.75) is 18.7 Å². The topological polar surface area (TPSA) is 80.5 Å². The zero-order valence-corrected chi connectivity index (χ0v) is 20.0. The van der Waals surface area contributed by atoms with Gasteiger partial charge in [-0.15, -0.1) is 0 Å². The van der Waals surface area contributed by atoms with Crippen LogP contribution in [-0.2, 0) is 17.1 Å². The number of halogens is 1. The molecule has 1 aromatic heterocycles. The highest BCUT2D eigenvalue weighted by Gasteiger charge is 2.15. The summed E-state index contributed by atoms with van der Waals surface area (Å²) in [4.78, 5) is 17.8. The predicted octanol–water partition coefficient (Wildman–Crippen LogP) is 5.05. The summed E-state index contributed by atoms with van der Waals surface area (Å²) < 4.78 is 30.7. The molecular weight excluding hydrogens is 466 g/mol. The molecule has 0 aliphatic heterocycles. The number of sulfonamides is 1. The second-order valence-electron chi connectivity index (χ2n) is 7.38. The predicted molar refractivity (Wildman–Crippen MR) is 129 cm³/mol. The smallest absolute Gasteiger partial charge is 0.279 e. The maximum Gasteiger partial charge on any atom is 0.279 e. The van der Waals surface area contributed by atoms with Crippen molar-refractivity contribution in [3.63, 3.8) is 0 Å². The molecule has 4 aromatic rings. The zero-order chi connectivity index (χ0) is 23.0.